The predicted molar refractivity (Wildman–Crippen MR) is 121 cm³/mol. The van der Waals surface area contributed by atoms with Crippen LogP contribution in [-0.2, 0) is 21.4 Å². The van der Waals surface area contributed by atoms with Crippen molar-refractivity contribution < 1.29 is 13.2 Å². The van der Waals surface area contributed by atoms with Gasteiger partial charge in [-0.3, -0.25) is 14.2 Å². The standard InChI is InChI=1S/C21H24N4O4S2/c1-14-4-3-5-15(2)25(14)31(28,29)17-8-6-16(7-9-17)23-19(26)12-24-13-22-20-18(21(24)27)10-11-30-20/h6-11,13-15H,3-5,12H2,1-2H3,(H,23,26)/t14-,15+. The molecule has 0 aliphatic carbocycles. The van der Waals surface area contributed by atoms with Gasteiger partial charge in [0.05, 0.1) is 16.6 Å². The Morgan fingerprint density at radius 2 is 1.84 bits per heavy atom. The number of piperidine rings is 1. The molecule has 8 nitrogen and oxygen atoms in total. The summed E-state index contributed by atoms with van der Waals surface area (Å²) in [6.07, 6.45) is 4.08. The largest absolute Gasteiger partial charge is 0.325 e. The van der Waals surface area contributed by atoms with Crippen LogP contribution in [0.5, 0.6) is 0 Å². The van der Waals surface area contributed by atoms with E-state index in [2.05, 4.69) is 10.3 Å². The molecule has 0 bridgehead atoms. The molecule has 3 heterocycles. The number of thiophene rings is 1. The fourth-order valence-corrected chi connectivity index (χ4v) is 6.67. The van der Waals surface area contributed by atoms with E-state index in [1.165, 1.54) is 34.4 Å². The van der Waals surface area contributed by atoms with Crippen LogP contribution in [0.25, 0.3) is 10.2 Å². The third-order valence-electron chi connectivity index (χ3n) is 5.59. The first-order valence-corrected chi connectivity index (χ1v) is 12.5. The fraction of sp³-hybridized carbons (Fsp3) is 0.381. The molecule has 1 aliphatic heterocycles. The number of hydrogen-bond donors (Lipinski definition) is 1. The summed E-state index contributed by atoms with van der Waals surface area (Å²) in [5, 5.41) is 4.97. The van der Waals surface area contributed by atoms with Gasteiger partial charge < -0.3 is 5.32 Å². The van der Waals surface area contributed by atoms with E-state index < -0.39 is 15.9 Å². The highest BCUT2D eigenvalue weighted by Gasteiger charge is 2.35. The second-order valence-electron chi connectivity index (χ2n) is 7.85. The summed E-state index contributed by atoms with van der Waals surface area (Å²) >= 11 is 1.37. The average molecular weight is 461 g/mol. The number of aromatic nitrogens is 2. The first-order chi connectivity index (χ1) is 14.8. The van der Waals surface area contributed by atoms with Crippen LogP contribution in [0.3, 0.4) is 0 Å². The Balaban J connectivity index is 1.47. The Morgan fingerprint density at radius 1 is 1.16 bits per heavy atom. The van der Waals surface area contributed by atoms with Crippen LogP contribution in [0, 0.1) is 0 Å². The molecule has 1 aliphatic rings. The molecule has 31 heavy (non-hydrogen) atoms. The van der Waals surface area contributed by atoms with Crippen molar-refractivity contribution in [3.63, 3.8) is 0 Å². The van der Waals surface area contributed by atoms with Gasteiger partial charge >= 0.3 is 0 Å². The van der Waals surface area contributed by atoms with Crippen LogP contribution in [-0.4, -0.2) is 40.3 Å². The molecule has 1 saturated heterocycles. The van der Waals surface area contributed by atoms with Gasteiger partial charge in [-0.05, 0) is 62.4 Å². The lowest BCUT2D eigenvalue weighted by Gasteiger charge is -2.37. The van der Waals surface area contributed by atoms with Crippen molar-refractivity contribution in [3.05, 3.63) is 52.4 Å². The molecule has 1 N–H and O–H groups in total. The van der Waals surface area contributed by atoms with Gasteiger partial charge in [0.25, 0.3) is 5.56 Å². The predicted octanol–water partition coefficient (Wildman–Crippen LogP) is 3.05. The number of nitrogens with one attached hydrogen (secondary N) is 1. The normalized spacial score (nSPS) is 20.1. The fourth-order valence-electron chi connectivity index (χ4n) is 4.06. The summed E-state index contributed by atoms with van der Waals surface area (Å²) in [6.45, 7) is 3.69. The Labute approximate surface area is 184 Å². The number of sulfonamides is 1. The number of amides is 1. The molecule has 10 heteroatoms. The SMILES string of the molecule is C[C@@H]1CCC[C@H](C)N1S(=O)(=O)c1ccc(NC(=O)Cn2cnc3sccc3c2=O)cc1. The number of carbonyl (C=O) groups is 1. The van der Waals surface area contributed by atoms with Crippen molar-refractivity contribution in [2.45, 2.75) is 56.6 Å². The maximum absolute atomic E-state index is 13.1. The lowest BCUT2D eigenvalue weighted by molar-refractivity contribution is -0.116. The van der Waals surface area contributed by atoms with Crippen LogP contribution in [0.1, 0.15) is 33.1 Å². The van der Waals surface area contributed by atoms with Crippen LogP contribution in [0.2, 0.25) is 0 Å². The summed E-state index contributed by atoms with van der Waals surface area (Å²) in [5.41, 5.74) is 0.189. The van der Waals surface area contributed by atoms with E-state index in [0.717, 1.165) is 19.3 Å². The summed E-state index contributed by atoms with van der Waals surface area (Å²) in [6, 6.07) is 7.74. The molecule has 2 atom stereocenters. The second kappa shape index (κ2) is 8.52. The van der Waals surface area contributed by atoms with E-state index in [1.54, 1.807) is 27.9 Å². The van der Waals surface area contributed by atoms with Gasteiger partial charge in [-0.25, -0.2) is 13.4 Å². The molecule has 0 saturated carbocycles. The zero-order valence-corrected chi connectivity index (χ0v) is 18.9. The molecule has 2 aromatic heterocycles. The van der Waals surface area contributed by atoms with Crippen LogP contribution in [0.4, 0.5) is 5.69 Å². The van der Waals surface area contributed by atoms with Gasteiger partial charge in [-0.15, -0.1) is 11.3 Å². The van der Waals surface area contributed by atoms with Gasteiger partial charge in [-0.2, -0.15) is 4.31 Å². The minimum atomic E-state index is -3.61. The Kier molecular flexibility index (Phi) is 5.96. The van der Waals surface area contributed by atoms with Crippen molar-refractivity contribution in [2.75, 3.05) is 5.32 Å². The number of nitrogens with zero attached hydrogens (tertiary/aromatic N) is 3. The number of benzene rings is 1. The Morgan fingerprint density at radius 3 is 2.52 bits per heavy atom. The highest BCUT2D eigenvalue weighted by atomic mass is 32.2. The molecule has 4 rings (SSSR count). The zero-order chi connectivity index (χ0) is 22.2. The molecule has 3 aromatic rings. The molecular weight excluding hydrogens is 436 g/mol. The summed E-state index contributed by atoms with van der Waals surface area (Å²) in [5.74, 6) is -0.396. The minimum absolute atomic E-state index is 0.0411. The molecule has 0 unspecified atom stereocenters. The maximum atomic E-state index is 13.1. The highest BCUT2D eigenvalue weighted by molar-refractivity contribution is 7.89. The lowest BCUT2D eigenvalue weighted by Crippen LogP contribution is -2.47. The first-order valence-electron chi connectivity index (χ1n) is 10.1. The summed E-state index contributed by atoms with van der Waals surface area (Å²) in [7, 11) is -3.61. The lowest BCUT2D eigenvalue weighted by atomic mass is 10.0. The molecule has 1 fully saturated rings. The topological polar surface area (TPSA) is 101 Å². The van der Waals surface area contributed by atoms with Crippen molar-refractivity contribution in [1.82, 2.24) is 13.9 Å². The van der Waals surface area contributed by atoms with Gasteiger partial charge in [0.15, 0.2) is 0 Å². The van der Waals surface area contributed by atoms with Gasteiger partial charge in [0, 0.05) is 17.8 Å². The molecule has 0 spiro atoms. The summed E-state index contributed by atoms with van der Waals surface area (Å²) < 4.78 is 29.0. The van der Waals surface area contributed by atoms with Crippen molar-refractivity contribution in [2.24, 2.45) is 0 Å². The van der Waals surface area contributed by atoms with Crippen molar-refractivity contribution in [3.8, 4) is 0 Å². The van der Waals surface area contributed by atoms with E-state index >= 15 is 0 Å². The van der Waals surface area contributed by atoms with Crippen LogP contribution in [0.15, 0.2) is 51.7 Å². The number of anilines is 1. The molecule has 0 radical (unpaired) electrons. The van der Waals surface area contributed by atoms with E-state index in [1.807, 2.05) is 13.8 Å². The summed E-state index contributed by atoms with van der Waals surface area (Å²) in [4.78, 5) is 29.8. The second-order valence-corrected chi connectivity index (χ2v) is 10.6. The Bertz CT molecular complexity index is 1250. The maximum Gasteiger partial charge on any atom is 0.262 e. The van der Waals surface area contributed by atoms with E-state index in [0.29, 0.717) is 15.9 Å². The number of carbonyl (C=O) groups excluding carboxylic acids is 1. The van der Waals surface area contributed by atoms with Gasteiger partial charge in [-0.1, -0.05) is 6.42 Å². The average Bonchev–Trinajstić information content (AvgIpc) is 3.20. The van der Waals surface area contributed by atoms with Gasteiger partial charge in [0.2, 0.25) is 15.9 Å². The van der Waals surface area contributed by atoms with Crippen molar-refractivity contribution in [1.29, 1.82) is 0 Å². The monoisotopic (exact) mass is 460 g/mol. The first kappa shape index (κ1) is 21.7. The number of hydrogen-bond acceptors (Lipinski definition) is 6. The van der Waals surface area contributed by atoms with E-state index in [9.17, 15) is 18.0 Å². The third kappa shape index (κ3) is 4.28. The third-order valence-corrected chi connectivity index (χ3v) is 8.55. The number of rotatable bonds is 5. The zero-order valence-electron chi connectivity index (χ0n) is 17.3. The Hall–Kier alpha value is -2.56. The smallest absolute Gasteiger partial charge is 0.262 e. The van der Waals surface area contributed by atoms with E-state index in [4.69, 9.17) is 0 Å². The molecular formula is C21H24N4O4S2. The van der Waals surface area contributed by atoms with Crippen LogP contribution >= 0.6 is 11.3 Å². The van der Waals surface area contributed by atoms with E-state index in [-0.39, 0.29) is 29.1 Å². The van der Waals surface area contributed by atoms with Gasteiger partial charge in [0.1, 0.15) is 11.4 Å². The van der Waals surface area contributed by atoms with Crippen LogP contribution < -0.4 is 10.9 Å². The molecule has 1 amide bonds. The van der Waals surface area contributed by atoms with Crippen molar-refractivity contribution >= 4 is 43.2 Å². The number of fused-ring (bicyclic) bond motifs is 1. The molecule has 164 valence electrons. The highest BCUT2D eigenvalue weighted by Crippen LogP contribution is 2.30. The minimum Gasteiger partial charge on any atom is -0.325 e. The molecule has 1 aromatic carbocycles. The quantitative estimate of drug-likeness (QED) is 0.631.